The monoisotopic (exact) mass is 379 g/mol. The molecule has 1 N–H and O–H groups in total. The molecule has 0 aromatic heterocycles. The third kappa shape index (κ3) is 6.54. The summed E-state index contributed by atoms with van der Waals surface area (Å²) in [5.74, 6) is 0.633. The fraction of sp³-hybridized carbons (Fsp3) is 0.308. The molecule has 0 aliphatic carbocycles. The normalized spacial score (nSPS) is 11.7. The lowest BCUT2D eigenvalue weighted by Crippen LogP contribution is -2.29. The van der Waals surface area contributed by atoms with Gasteiger partial charge >= 0.3 is 0 Å². The van der Waals surface area contributed by atoms with Crippen LogP contribution in [0, 0.1) is 0 Å². The van der Waals surface area contributed by atoms with Crippen LogP contribution < -0.4 is 10.1 Å². The summed E-state index contributed by atoms with van der Waals surface area (Å²) in [6, 6.07) is 5.16. The molecule has 0 aliphatic heterocycles. The van der Waals surface area contributed by atoms with Crippen LogP contribution in [0.15, 0.2) is 35.3 Å². The van der Waals surface area contributed by atoms with E-state index >= 15 is 0 Å². The van der Waals surface area contributed by atoms with E-state index in [1.807, 2.05) is 0 Å². The molecular weight excluding hydrogens is 366 g/mol. The first-order chi connectivity index (χ1) is 9.52. The topological polar surface area (TPSA) is 55.4 Å². The van der Waals surface area contributed by atoms with Crippen molar-refractivity contribution in [3.63, 3.8) is 0 Å². The number of benzene rings is 1. The van der Waals surface area contributed by atoms with Gasteiger partial charge in [-0.25, -0.2) is 0 Å². The lowest BCUT2D eigenvalue weighted by molar-refractivity contribution is -0.118. The van der Waals surface area contributed by atoms with Crippen LogP contribution in [0.3, 0.4) is 0 Å². The van der Waals surface area contributed by atoms with Gasteiger partial charge < -0.3 is 10.1 Å². The minimum absolute atomic E-state index is 0.0288. The lowest BCUT2D eigenvalue weighted by Gasteiger charge is -2.08. The standard InChI is InChI=1S/C13H15BrClNO3S/c1-2-5-16-13(17)9-20(18)7-6-19-12-4-3-10(15)8-11(12)14/h2-4,8H,1,5-7,9H2,(H,16,17). The summed E-state index contributed by atoms with van der Waals surface area (Å²) >= 11 is 9.14. The minimum Gasteiger partial charge on any atom is -0.491 e. The Balaban J connectivity index is 2.31. The molecule has 110 valence electrons. The summed E-state index contributed by atoms with van der Waals surface area (Å²) in [5, 5.41) is 3.18. The molecule has 0 aliphatic rings. The van der Waals surface area contributed by atoms with Gasteiger partial charge in [0.15, 0.2) is 0 Å². The molecule has 1 amide bonds. The van der Waals surface area contributed by atoms with E-state index in [0.29, 0.717) is 17.3 Å². The molecule has 1 atom stereocenters. The van der Waals surface area contributed by atoms with Crippen molar-refractivity contribution in [3.8, 4) is 5.75 Å². The maximum absolute atomic E-state index is 11.7. The van der Waals surface area contributed by atoms with Crippen LogP contribution in [0.25, 0.3) is 0 Å². The van der Waals surface area contributed by atoms with Crippen LogP contribution in [0.2, 0.25) is 5.02 Å². The second kappa shape index (κ2) is 9.15. The van der Waals surface area contributed by atoms with Crippen molar-refractivity contribution in [2.75, 3.05) is 24.7 Å². The average molecular weight is 381 g/mol. The Morgan fingerprint density at radius 1 is 1.55 bits per heavy atom. The van der Waals surface area contributed by atoms with E-state index in [0.717, 1.165) is 4.47 Å². The Morgan fingerprint density at radius 3 is 2.95 bits per heavy atom. The Labute approximate surface area is 134 Å². The van der Waals surface area contributed by atoms with Crippen LogP contribution in [-0.4, -0.2) is 34.8 Å². The maximum atomic E-state index is 11.7. The number of amides is 1. The predicted octanol–water partition coefficient (Wildman–Crippen LogP) is 2.53. The second-order valence-corrected chi connectivity index (χ2v) is 6.67. The van der Waals surface area contributed by atoms with Crippen molar-refractivity contribution in [3.05, 3.63) is 40.3 Å². The number of hydrogen-bond acceptors (Lipinski definition) is 3. The van der Waals surface area contributed by atoms with Gasteiger partial charge in [0, 0.05) is 22.4 Å². The molecule has 0 saturated heterocycles. The molecule has 0 spiro atoms. The van der Waals surface area contributed by atoms with Crippen molar-refractivity contribution in [1.29, 1.82) is 0 Å². The van der Waals surface area contributed by atoms with E-state index in [1.54, 1.807) is 24.3 Å². The van der Waals surface area contributed by atoms with Crippen molar-refractivity contribution in [2.45, 2.75) is 0 Å². The molecule has 1 rings (SSSR count). The Kier molecular flexibility index (Phi) is 7.87. The van der Waals surface area contributed by atoms with Crippen LogP contribution in [-0.2, 0) is 15.6 Å². The highest BCUT2D eigenvalue weighted by atomic mass is 79.9. The maximum Gasteiger partial charge on any atom is 0.232 e. The number of halogens is 2. The molecule has 0 saturated carbocycles. The molecule has 20 heavy (non-hydrogen) atoms. The Hall–Kier alpha value is -0.850. The summed E-state index contributed by atoms with van der Waals surface area (Å²) in [6.07, 6.45) is 1.57. The fourth-order valence-electron chi connectivity index (χ4n) is 1.29. The van der Waals surface area contributed by atoms with Gasteiger partial charge in [-0.15, -0.1) is 6.58 Å². The van der Waals surface area contributed by atoms with Gasteiger partial charge in [0.05, 0.1) is 16.8 Å². The first-order valence-corrected chi connectivity index (χ1v) is 8.49. The van der Waals surface area contributed by atoms with E-state index in [2.05, 4.69) is 27.8 Å². The number of rotatable bonds is 8. The minimum atomic E-state index is -1.25. The quantitative estimate of drug-likeness (QED) is 0.705. The van der Waals surface area contributed by atoms with Crippen LogP contribution in [0.5, 0.6) is 5.75 Å². The van der Waals surface area contributed by atoms with Crippen LogP contribution in [0.1, 0.15) is 0 Å². The number of carbonyl (C=O) groups is 1. The van der Waals surface area contributed by atoms with Gasteiger partial charge in [-0.2, -0.15) is 0 Å². The fourth-order valence-corrected chi connectivity index (χ4v) is 2.90. The SMILES string of the molecule is C=CCNC(=O)CS(=O)CCOc1ccc(Cl)cc1Br. The first-order valence-electron chi connectivity index (χ1n) is 5.83. The van der Waals surface area contributed by atoms with E-state index in [-0.39, 0.29) is 24.0 Å². The molecule has 7 heteroatoms. The summed E-state index contributed by atoms with van der Waals surface area (Å²) < 4.78 is 17.9. The van der Waals surface area contributed by atoms with Gasteiger partial charge in [-0.05, 0) is 34.1 Å². The zero-order valence-electron chi connectivity index (χ0n) is 10.7. The molecule has 1 aromatic carbocycles. The molecule has 0 radical (unpaired) electrons. The van der Waals surface area contributed by atoms with E-state index in [4.69, 9.17) is 16.3 Å². The number of hydrogen-bond donors (Lipinski definition) is 1. The molecule has 4 nitrogen and oxygen atoms in total. The van der Waals surface area contributed by atoms with Crippen molar-refractivity contribution in [2.24, 2.45) is 0 Å². The Bertz CT molecular complexity index is 510. The zero-order chi connectivity index (χ0) is 15.0. The highest BCUT2D eigenvalue weighted by Gasteiger charge is 2.08. The molecule has 0 fully saturated rings. The molecule has 1 aromatic rings. The predicted molar refractivity (Wildman–Crippen MR) is 85.7 cm³/mol. The summed E-state index contributed by atoms with van der Waals surface area (Å²) in [7, 11) is -1.25. The first kappa shape index (κ1) is 17.2. The lowest BCUT2D eigenvalue weighted by atomic mass is 10.3. The summed E-state index contributed by atoms with van der Waals surface area (Å²) in [6.45, 7) is 4.13. The van der Waals surface area contributed by atoms with E-state index in [1.165, 1.54) is 0 Å². The number of carbonyl (C=O) groups excluding carboxylic acids is 1. The highest BCUT2D eigenvalue weighted by molar-refractivity contribution is 9.10. The molecule has 0 heterocycles. The number of nitrogens with one attached hydrogen (secondary N) is 1. The van der Waals surface area contributed by atoms with Crippen molar-refractivity contribution >= 4 is 44.2 Å². The van der Waals surface area contributed by atoms with Crippen molar-refractivity contribution < 1.29 is 13.7 Å². The smallest absolute Gasteiger partial charge is 0.232 e. The molecule has 0 bridgehead atoms. The average Bonchev–Trinajstić information content (AvgIpc) is 2.39. The van der Waals surface area contributed by atoms with Gasteiger partial charge in [-0.1, -0.05) is 17.7 Å². The second-order valence-electron chi connectivity index (χ2n) is 3.80. The van der Waals surface area contributed by atoms with Gasteiger partial charge in [0.2, 0.25) is 5.91 Å². The highest BCUT2D eigenvalue weighted by Crippen LogP contribution is 2.27. The van der Waals surface area contributed by atoms with Crippen LogP contribution in [0.4, 0.5) is 0 Å². The largest absolute Gasteiger partial charge is 0.491 e. The summed E-state index contributed by atoms with van der Waals surface area (Å²) in [4.78, 5) is 11.3. The van der Waals surface area contributed by atoms with Gasteiger partial charge in [0.25, 0.3) is 0 Å². The number of ether oxygens (including phenoxy) is 1. The van der Waals surface area contributed by atoms with E-state index in [9.17, 15) is 9.00 Å². The zero-order valence-corrected chi connectivity index (χ0v) is 13.9. The third-order valence-electron chi connectivity index (χ3n) is 2.20. The van der Waals surface area contributed by atoms with Crippen molar-refractivity contribution in [1.82, 2.24) is 5.32 Å². The van der Waals surface area contributed by atoms with Gasteiger partial charge in [0.1, 0.15) is 11.5 Å². The van der Waals surface area contributed by atoms with Gasteiger partial charge in [-0.3, -0.25) is 9.00 Å². The summed E-state index contributed by atoms with van der Waals surface area (Å²) in [5.41, 5.74) is 0. The Morgan fingerprint density at radius 2 is 2.30 bits per heavy atom. The molecular formula is C13H15BrClNO3S. The molecule has 1 unspecified atom stereocenters. The van der Waals surface area contributed by atoms with E-state index < -0.39 is 10.8 Å². The third-order valence-corrected chi connectivity index (χ3v) is 4.26. The van der Waals surface area contributed by atoms with Crippen LogP contribution >= 0.6 is 27.5 Å².